The van der Waals surface area contributed by atoms with Gasteiger partial charge in [0.1, 0.15) is 11.5 Å². The lowest BCUT2D eigenvalue weighted by molar-refractivity contribution is 0.242. The highest BCUT2D eigenvalue weighted by Crippen LogP contribution is 2.21. The van der Waals surface area contributed by atoms with E-state index >= 15 is 0 Å². The van der Waals surface area contributed by atoms with Crippen LogP contribution in [0.5, 0.6) is 11.5 Å². The van der Waals surface area contributed by atoms with Crippen molar-refractivity contribution in [1.82, 2.24) is 5.32 Å². The molecule has 0 amide bonds. The Labute approximate surface area is 126 Å². The van der Waals surface area contributed by atoms with Crippen LogP contribution in [0.4, 0.5) is 0 Å². The third-order valence-corrected chi connectivity index (χ3v) is 3.32. The van der Waals surface area contributed by atoms with Crippen molar-refractivity contribution in [3.8, 4) is 11.5 Å². The number of phenolic OH excluding ortho intramolecular Hbond substituents is 1. The van der Waals surface area contributed by atoms with Crippen LogP contribution in [0.1, 0.15) is 37.9 Å². The minimum Gasteiger partial charge on any atom is -0.508 e. The van der Waals surface area contributed by atoms with Crippen molar-refractivity contribution in [2.24, 2.45) is 0 Å². The smallest absolute Gasteiger partial charge is 0.120 e. The minimum atomic E-state index is 0.171. The van der Waals surface area contributed by atoms with Crippen LogP contribution in [0, 0.1) is 0 Å². The molecule has 0 saturated heterocycles. The molecule has 112 valence electrons. The van der Waals surface area contributed by atoms with Crippen LogP contribution in [0.15, 0.2) is 48.5 Å². The van der Waals surface area contributed by atoms with Crippen molar-refractivity contribution in [3.63, 3.8) is 0 Å². The first-order chi connectivity index (χ1) is 10.1. The van der Waals surface area contributed by atoms with Gasteiger partial charge >= 0.3 is 0 Å². The first-order valence-corrected chi connectivity index (χ1v) is 7.33. The SMILES string of the molecule is CC(C)Oc1cccc(C(C)NCc2ccccc2O)c1. The van der Waals surface area contributed by atoms with Crippen molar-refractivity contribution in [2.75, 3.05) is 0 Å². The molecule has 0 saturated carbocycles. The van der Waals surface area contributed by atoms with Gasteiger partial charge in [-0.15, -0.1) is 0 Å². The number of aromatic hydroxyl groups is 1. The first-order valence-electron chi connectivity index (χ1n) is 7.33. The van der Waals surface area contributed by atoms with Crippen LogP contribution in [0.2, 0.25) is 0 Å². The molecule has 2 aromatic carbocycles. The third kappa shape index (κ3) is 4.50. The van der Waals surface area contributed by atoms with Gasteiger partial charge in [0.2, 0.25) is 0 Å². The average Bonchev–Trinajstić information content (AvgIpc) is 2.45. The lowest BCUT2D eigenvalue weighted by Gasteiger charge is -2.17. The number of rotatable bonds is 6. The van der Waals surface area contributed by atoms with Crippen LogP contribution < -0.4 is 10.1 Å². The highest BCUT2D eigenvalue weighted by atomic mass is 16.5. The van der Waals surface area contributed by atoms with Gasteiger partial charge in [-0.25, -0.2) is 0 Å². The number of phenols is 1. The molecule has 0 aliphatic rings. The van der Waals surface area contributed by atoms with E-state index in [4.69, 9.17) is 4.74 Å². The van der Waals surface area contributed by atoms with Crippen LogP contribution >= 0.6 is 0 Å². The maximum atomic E-state index is 9.78. The van der Waals surface area contributed by atoms with E-state index in [9.17, 15) is 5.11 Å². The van der Waals surface area contributed by atoms with E-state index in [1.165, 1.54) is 5.56 Å². The fraction of sp³-hybridized carbons (Fsp3) is 0.333. The molecule has 0 bridgehead atoms. The second kappa shape index (κ2) is 7.14. The molecule has 3 heteroatoms. The minimum absolute atomic E-state index is 0.171. The van der Waals surface area contributed by atoms with Gasteiger partial charge in [0.25, 0.3) is 0 Å². The maximum Gasteiger partial charge on any atom is 0.120 e. The second-order valence-corrected chi connectivity index (χ2v) is 5.47. The summed E-state index contributed by atoms with van der Waals surface area (Å²) in [4.78, 5) is 0. The van der Waals surface area contributed by atoms with E-state index in [-0.39, 0.29) is 12.1 Å². The molecule has 21 heavy (non-hydrogen) atoms. The Hall–Kier alpha value is -2.00. The van der Waals surface area contributed by atoms with Gasteiger partial charge < -0.3 is 15.2 Å². The van der Waals surface area contributed by atoms with Crippen LogP contribution in [-0.2, 0) is 6.54 Å². The Morgan fingerprint density at radius 2 is 1.81 bits per heavy atom. The van der Waals surface area contributed by atoms with Crippen LogP contribution in [-0.4, -0.2) is 11.2 Å². The van der Waals surface area contributed by atoms with E-state index in [1.54, 1.807) is 6.07 Å². The molecule has 2 aromatic rings. The molecule has 0 radical (unpaired) electrons. The van der Waals surface area contributed by atoms with Gasteiger partial charge in [-0.3, -0.25) is 0 Å². The van der Waals surface area contributed by atoms with Crippen molar-refractivity contribution >= 4 is 0 Å². The zero-order chi connectivity index (χ0) is 15.2. The Balaban J connectivity index is 2.00. The summed E-state index contributed by atoms with van der Waals surface area (Å²) < 4.78 is 5.72. The molecule has 0 spiro atoms. The summed E-state index contributed by atoms with van der Waals surface area (Å²) in [6, 6.07) is 15.7. The van der Waals surface area contributed by atoms with E-state index < -0.39 is 0 Å². The molecule has 2 rings (SSSR count). The summed E-state index contributed by atoms with van der Waals surface area (Å²) in [5.74, 6) is 1.22. The summed E-state index contributed by atoms with van der Waals surface area (Å²) in [6.45, 7) is 6.77. The molecule has 1 unspecified atom stereocenters. The largest absolute Gasteiger partial charge is 0.508 e. The van der Waals surface area contributed by atoms with Gasteiger partial charge in [-0.2, -0.15) is 0 Å². The quantitative estimate of drug-likeness (QED) is 0.842. The Morgan fingerprint density at radius 3 is 2.52 bits per heavy atom. The number of para-hydroxylation sites is 1. The van der Waals surface area contributed by atoms with Crippen molar-refractivity contribution in [3.05, 3.63) is 59.7 Å². The molecule has 1 atom stereocenters. The molecule has 0 fully saturated rings. The monoisotopic (exact) mass is 285 g/mol. The number of ether oxygens (including phenoxy) is 1. The third-order valence-electron chi connectivity index (χ3n) is 3.32. The highest BCUT2D eigenvalue weighted by molar-refractivity contribution is 5.33. The van der Waals surface area contributed by atoms with Crippen molar-refractivity contribution < 1.29 is 9.84 Å². The van der Waals surface area contributed by atoms with Gasteiger partial charge in [0.15, 0.2) is 0 Å². The molecule has 0 aliphatic heterocycles. The highest BCUT2D eigenvalue weighted by Gasteiger charge is 2.08. The predicted molar refractivity (Wildman–Crippen MR) is 85.6 cm³/mol. The Bertz CT molecular complexity index is 581. The Kier molecular flexibility index (Phi) is 5.23. The fourth-order valence-electron chi connectivity index (χ4n) is 2.17. The summed E-state index contributed by atoms with van der Waals surface area (Å²) in [5, 5.41) is 13.2. The zero-order valence-electron chi connectivity index (χ0n) is 12.8. The molecule has 0 heterocycles. The fourth-order valence-corrected chi connectivity index (χ4v) is 2.17. The van der Waals surface area contributed by atoms with E-state index in [2.05, 4.69) is 24.4 Å². The predicted octanol–water partition coefficient (Wildman–Crippen LogP) is 4.03. The number of nitrogens with one attached hydrogen (secondary N) is 1. The van der Waals surface area contributed by atoms with Crippen molar-refractivity contribution in [1.29, 1.82) is 0 Å². The molecule has 0 aromatic heterocycles. The second-order valence-electron chi connectivity index (χ2n) is 5.47. The van der Waals surface area contributed by atoms with E-state index in [0.717, 1.165) is 11.3 Å². The van der Waals surface area contributed by atoms with Gasteiger partial charge in [-0.1, -0.05) is 30.3 Å². The van der Waals surface area contributed by atoms with Crippen molar-refractivity contribution in [2.45, 2.75) is 39.5 Å². The first kappa shape index (κ1) is 15.4. The molecule has 3 nitrogen and oxygen atoms in total. The standard InChI is InChI=1S/C18H23NO2/c1-13(2)21-17-9-6-8-15(11-17)14(3)19-12-16-7-4-5-10-18(16)20/h4-11,13-14,19-20H,12H2,1-3H3. The topological polar surface area (TPSA) is 41.5 Å². The summed E-state index contributed by atoms with van der Waals surface area (Å²) in [5.41, 5.74) is 2.07. The lowest BCUT2D eigenvalue weighted by atomic mass is 10.1. The van der Waals surface area contributed by atoms with Gasteiger partial charge in [0, 0.05) is 18.2 Å². The molecule has 0 aliphatic carbocycles. The van der Waals surface area contributed by atoms with E-state index in [1.807, 2.05) is 44.2 Å². The van der Waals surface area contributed by atoms with Crippen LogP contribution in [0.3, 0.4) is 0 Å². The molecular formula is C18H23NO2. The van der Waals surface area contributed by atoms with Gasteiger partial charge in [0.05, 0.1) is 6.10 Å². The number of hydrogen-bond donors (Lipinski definition) is 2. The molecular weight excluding hydrogens is 262 g/mol. The number of benzene rings is 2. The zero-order valence-corrected chi connectivity index (χ0v) is 12.8. The lowest BCUT2D eigenvalue weighted by Crippen LogP contribution is -2.18. The normalized spacial score (nSPS) is 12.4. The average molecular weight is 285 g/mol. The maximum absolute atomic E-state index is 9.78. The van der Waals surface area contributed by atoms with Gasteiger partial charge in [-0.05, 0) is 44.5 Å². The summed E-state index contributed by atoms with van der Waals surface area (Å²) in [6.07, 6.45) is 0.171. The summed E-state index contributed by atoms with van der Waals surface area (Å²) in [7, 11) is 0. The summed E-state index contributed by atoms with van der Waals surface area (Å²) >= 11 is 0. The van der Waals surface area contributed by atoms with E-state index in [0.29, 0.717) is 12.3 Å². The molecule has 2 N–H and O–H groups in total. The van der Waals surface area contributed by atoms with Crippen LogP contribution in [0.25, 0.3) is 0 Å². The Morgan fingerprint density at radius 1 is 1.05 bits per heavy atom. The number of hydrogen-bond acceptors (Lipinski definition) is 3.